The lowest BCUT2D eigenvalue weighted by atomic mass is 10.0. The number of pyridine rings is 1. The van der Waals surface area contributed by atoms with Gasteiger partial charge in [-0.2, -0.15) is 4.36 Å². The molecule has 0 amide bonds. The number of hydrogen-bond acceptors (Lipinski definition) is 8. The van der Waals surface area contributed by atoms with Gasteiger partial charge in [-0.15, -0.1) is 0 Å². The van der Waals surface area contributed by atoms with Gasteiger partial charge in [0.2, 0.25) is 0 Å². The highest BCUT2D eigenvalue weighted by molar-refractivity contribution is 7.92. The van der Waals surface area contributed by atoms with E-state index in [1.165, 1.54) is 6.07 Å². The summed E-state index contributed by atoms with van der Waals surface area (Å²) in [6.07, 6.45) is 1.70. The largest absolute Gasteiger partial charge is 0.472 e. The molecule has 1 N–H and O–H groups in total. The maximum atomic E-state index is 15.3. The molecule has 38 heavy (non-hydrogen) atoms. The van der Waals surface area contributed by atoms with E-state index in [1.807, 2.05) is 12.1 Å². The van der Waals surface area contributed by atoms with Crippen LogP contribution in [0.5, 0.6) is 0 Å². The Morgan fingerprint density at radius 1 is 1.08 bits per heavy atom. The lowest BCUT2D eigenvalue weighted by molar-refractivity contribution is 0.00558. The molecule has 0 radical (unpaired) electrons. The molecule has 0 spiro atoms. The Morgan fingerprint density at radius 3 is 2.55 bits per heavy atom. The summed E-state index contributed by atoms with van der Waals surface area (Å²) in [4.78, 5) is 9.13. The fourth-order valence-electron chi connectivity index (χ4n) is 4.89. The van der Waals surface area contributed by atoms with Crippen molar-refractivity contribution < 1.29 is 27.9 Å². The fraction of sp³-hybridized carbons (Fsp3) is 0.333. The van der Waals surface area contributed by atoms with Gasteiger partial charge in [0.05, 0.1) is 47.4 Å². The van der Waals surface area contributed by atoms with Crippen molar-refractivity contribution in [1.29, 1.82) is 0 Å². The number of aromatic nitrogens is 1. The first-order chi connectivity index (χ1) is 18.1. The van der Waals surface area contributed by atoms with Crippen LogP contribution in [-0.4, -0.2) is 70.3 Å². The number of nitrogens with zero attached hydrogens (tertiary/aromatic N) is 3. The molecule has 6 rings (SSSR count). The van der Waals surface area contributed by atoms with Crippen LogP contribution in [0.3, 0.4) is 0 Å². The Bertz CT molecular complexity index is 1560. The predicted octanol–water partition coefficient (Wildman–Crippen LogP) is 4.70. The Balaban J connectivity index is 1.20. The highest BCUT2D eigenvalue weighted by Crippen LogP contribution is 2.38. The van der Waals surface area contributed by atoms with Crippen LogP contribution >= 0.6 is 11.6 Å². The minimum atomic E-state index is -2.26. The second-order valence-corrected chi connectivity index (χ2v) is 12.8. The summed E-state index contributed by atoms with van der Waals surface area (Å²) in [5.41, 5.74) is 3.89. The second kappa shape index (κ2) is 9.69. The first-order valence-electron chi connectivity index (χ1n) is 12.1. The van der Waals surface area contributed by atoms with Gasteiger partial charge in [-0.05, 0) is 41.5 Å². The molecule has 3 aliphatic rings. The summed E-state index contributed by atoms with van der Waals surface area (Å²) < 4.78 is 48.6. The summed E-state index contributed by atoms with van der Waals surface area (Å²) in [7, 11) is -2.26. The van der Waals surface area contributed by atoms with Gasteiger partial charge in [0, 0.05) is 27.8 Å². The van der Waals surface area contributed by atoms with Crippen LogP contribution in [-0.2, 0) is 30.4 Å². The molecule has 4 heterocycles. The third kappa shape index (κ3) is 4.94. The molecule has 1 aromatic heterocycles. The average molecular weight is 558 g/mol. The molecule has 0 saturated carbocycles. The van der Waals surface area contributed by atoms with Crippen LogP contribution in [0.1, 0.15) is 5.69 Å². The first-order valence-corrected chi connectivity index (χ1v) is 14.8. The molecular weight excluding hydrogens is 533 g/mol. The number of hydrogen-bond donors (Lipinski definition) is 1. The zero-order valence-electron chi connectivity index (χ0n) is 20.6. The average Bonchev–Trinajstić information content (AvgIpc) is 3.55. The smallest absolute Gasteiger partial charge is 0.195 e. The molecule has 4 atom stereocenters. The number of benzene rings is 2. The summed E-state index contributed by atoms with van der Waals surface area (Å²) in [6, 6.07) is 13.7. The number of aliphatic hydroxyl groups is 1. The van der Waals surface area contributed by atoms with Crippen LogP contribution in [0, 0.1) is 5.82 Å². The third-order valence-electron chi connectivity index (χ3n) is 6.62. The highest BCUT2D eigenvalue weighted by Gasteiger charge is 2.49. The predicted molar refractivity (Wildman–Crippen MR) is 143 cm³/mol. The van der Waals surface area contributed by atoms with Crippen molar-refractivity contribution in [3.8, 4) is 22.4 Å². The van der Waals surface area contributed by atoms with Gasteiger partial charge >= 0.3 is 0 Å². The molecule has 198 valence electrons. The molecule has 0 unspecified atom stereocenters. The summed E-state index contributed by atoms with van der Waals surface area (Å²) >= 11 is 6.51. The van der Waals surface area contributed by atoms with Gasteiger partial charge in [-0.3, -0.25) is 0 Å². The Labute approximate surface area is 224 Å². The van der Waals surface area contributed by atoms with Gasteiger partial charge in [-0.25, -0.2) is 18.6 Å². The molecule has 0 bridgehead atoms. The number of fused-ring (bicyclic) bond motifs is 2. The van der Waals surface area contributed by atoms with Crippen LogP contribution in [0.25, 0.3) is 22.4 Å². The Hall–Kier alpha value is -2.89. The lowest BCUT2D eigenvalue weighted by Crippen LogP contribution is -2.34. The quantitative estimate of drug-likeness (QED) is 0.499. The van der Waals surface area contributed by atoms with E-state index in [0.717, 1.165) is 5.56 Å². The van der Waals surface area contributed by atoms with E-state index in [1.54, 1.807) is 42.8 Å². The third-order valence-corrected chi connectivity index (χ3v) is 7.55. The molecule has 8 nitrogen and oxygen atoms in total. The van der Waals surface area contributed by atoms with E-state index in [2.05, 4.69) is 14.3 Å². The SMILES string of the molecule is CS(C)(=O)=Nc1ccc(-c2ccc(-c3nc4c(cc3Cl)N=C(O[C@@H]3CO[C@H]5[C@@H]3OC[C@H]5O)C4)c(F)c2)cc1. The first kappa shape index (κ1) is 25.4. The molecule has 11 heteroatoms. The van der Waals surface area contributed by atoms with Gasteiger partial charge in [0.15, 0.2) is 12.0 Å². The molecule has 3 aromatic rings. The zero-order chi connectivity index (χ0) is 26.6. The van der Waals surface area contributed by atoms with Crippen molar-refractivity contribution in [2.75, 3.05) is 25.7 Å². The number of rotatable bonds is 4. The van der Waals surface area contributed by atoms with E-state index >= 15 is 4.39 Å². The standard InChI is InChI=1S/C27H25ClFN3O5S/c1-38(2,34)32-16-6-3-14(4-7-16)15-5-8-17(19(29)9-15)25-18(28)10-20-21(31-25)11-24(30-20)37-23-13-36-26-22(33)12-35-27(23)26/h3-10,22-23,26-27,33H,11-13H2,1-2H3/t22-,23-,26-,27-/m1/s1. The topological polar surface area (TPSA) is 103 Å². The molecule has 2 aromatic carbocycles. The Kier molecular flexibility index (Phi) is 6.48. The second-order valence-electron chi connectivity index (χ2n) is 9.80. The van der Waals surface area contributed by atoms with Crippen molar-refractivity contribution in [3.63, 3.8) is 0 Å². The molecular formula is C27H25ClFN3O5S. The maximum absolute atomic E-state index is 15.3. The van der Waals surface area contributed by atoms with Crippen LogP contribution in [0.2, 0.25) is 5.02 Å². The van der Waals surface area contributed by atoms with Gasteiger partial charge < -0.3 is 19.3 Å². The van der Waals surface area contributed by atoms with Gasteiger partial charge in [0.25, 0.3) is 0 Å². The van der Waals surface area contributed by atoms with Gasteiger partial charge in [-0.1, -0.05) is 29.8 Å². The fourth-order valence-corrected chi connectivity index (χ4v) is 5.77. The van der Waals surface area contributed by atoms with Crippen molar-refractivity contribution in [3.05, 3.63) is 65.1 Å². The number of ether oxygens (including phenoxy) is 3. The minimum absolute atomic E-state index is 0.217. The van der Waals surface area contributed by atoms with E-state index in [9.17, 15) is 9.32 Å². The van der Waals surface area contributed by atoms with Gasteiger partial charge in [0.1, 0.15) is 24.1 Å². The van der Waals surface area contributed by atoms with E-state index < -0.39 is 27.8 Å². The molecule has 0 aliphatic carbocycles. The normalized spacial score (nSPS) is 24.2. The highest BCUT2D eigenvalue weighted by atomic mass is 35.5. The monoisotopic (exact) mass is 557 g/mol. The lowest BCUT2D eigenvalue weighted by Gasteiger charge is -2.17. The van der Waals surface area contributed by atoms with Crippen LogP contribution in [0.15, 0.2) is 57.9 Å². The van der Waals surface area contributed by atoms with E-state index in [-0.39, 0.29) is 29.4 Å². The number of aliphatic imine (C=N–C) groups is 1. The molecule has 3 aliphatic heterocycles. The van der Waals surface area contributed by atoms with Crippen molar-refractivity contribution >= 4 is 38.6 Å². The summed E-state index contributed by atoms with van der Waals surface area (Å²) in [5, 5.41) is 10.2. The summed E-state index contributed by atoms with van der Waals surface area (Å²) in [5.74, 6) is -0.00912. The Morgan fingerprint density at radius 2 is 1.82 bits per heavy atom. The van der Waals surface area contributed by atoms with Crippen LogP contribution < -0.4 is 0 Å². The van der Waals surface area contributed by atoms with Crippen molar-refractivity contribution in [1.82, 2.24) is 4.98 Å². The van der Waals surface area contributed by atoms with E-state index in [4.69, 9.17) is 25.8 Å². The summed E-state index contributed by atoms with van der Waals surface area (Å²) in [6.45, 7) is 0.516. The van der Waals surface area contributed by atoms with Crippen LogP contribution in [0.4, 0.5) is 15.8 Å². The van der Waals surface area contributed by atoms with E-state index in [0.29, 0.717) is 47.3 Å². The molecule has 2 saturated heterocycles. The van der Waals surface area contributed by atoms with Crippen molar-refractivity contribution in [2.24, 2.45) is 9.36 Å². The van der Waals surface area contributed by atoms with Crippen molar-refractivity contribution in [2.45, 2.75) is 30.8 Å². The maximum Gasteiger partial charge on any atom is 0.195 e. The zero-order valence-corrected chi connectivity index (χ0v) is 22.2. The minimum Gasteiger partial charge on any atom is -0.472 e. The number of halogens is 2. The number of aliphatic hydroxyl groups excluding tert-OH is 1. The molecule has 2 fully saturated rings.